The quantitative estimate of drug-likeness (QED) is 0.487. The summed E-state index contributed by atoms with van der Waals surface area (Å²) in [6, 6.07) is 4.97. The fourth-order valence-corrected chi connectivity index (χ4v) is 1.72. The molecule has 7 heteroatoms. The fourth-order valence-electron chi connectivity index (χ4n) is 1.72. The van der Waals surface area contributed by atoms with Gasteiger partial charge in [0.1, 0.15) is 0 Å². The zero-order valence-corrected chi connectivity index (χ0v) is 11.5. The number of carbonyl (C=O) groups excluding carboxylic acids is 1. The highest BCUT2D eigenvalue weighted by Crippen LogP contribution is 2.24. The van der Waals surface area contributed by atoms with Gasteiger partial charge in [0.25, 0.3) is 0 Å². The number of esters is 1. The summed E-state index contributed by atoms with van der Waals surface area (Å²) < 4.78 is 10.2. The molecule has 1 aromatic heterocycles. The number of hydrogen-bond acceptors (Lipinski definition) is 6. The Morgan fingerprint density at radius 3 is 2.76 bits per heavy atom. The van der Waals surface area contributed by atoms with Crippen LogP contribution in [0, 0.1) is 16.0 Å². The third-order valence-corrected chi connectivity index (χ3v) is 2.68. The van der Waals surface area contributed by atoms with E-state index in [0.29, 0.717) is 0 Å². The number of hydrogen-bond donors (Lipinski definition) is 0. The Labute approximate surface area is 119 Å². The lowest BCUT2D eigenvalue weighted by Crippen LogP contribution is -2.13. The largest absolute Gasteiger partial charge is 0.460 e. The van der Waals surface area contributed by atoms with Gasteiger partial charge in [0.15, 0.2) is 5.43 Å². The summed E-state index contributed by atoms with van der Waals surface area (Å²) in [5.41, 5.74) is -1.13. The monoisotopic (exact) mass is 291 g/mol. The number of rotatable bonds is 4. The van der Waals surface area contributed by atoms with Gasteiger partial charge in [-0.3, -0.25) is 14.9 Å². The normalized spacial score (nSPS) is 10.8. The van der Waals surface area contributed by atoms with E-state index in [1.54, 1.807) is 0 Å². The van der Waals surface area contributed by atoms with Crippen LogP contribution >= 0.6 is 0 Å². The molecule has 2 rings (SSSR count). The lowest BCUT2D eigenvalue weighted by molar-refractivity contribution is -0.383. The maximum atomic E-state index is 11.9. The van der Waals surface area contributed by atoms with E-state index in [2.05, 4.69) is 0 Å². The third-order valence-electron chi connectivity index (χ3n) is 2.68. The molecule has 0 fully saturated rings. The number of ether oxygens (including phenoxy) is 1. The smallest absolute Gasteiger partial charge is 0.374 e. The van der Waals surface area contributed by atoms with Crippen LogP contribution in [-0.4, -0.2) is 17.5 Å². The van der Waals surface area contributed by atoms with Gasteiger partial charge in [0, 0.05) is 12.1 Å². The number of nitrogens with zero attached hydrogens (tertiary/aromatic N) is 1. The second-order valence-corrected chi connectivity index (χ2v) is 4.88. The molecule has 0 unspecified atom stereocenters. The van der Waals surface area contributed by atoms with Crippen LogP contribution in [-0.2, 0) is 4.74 Å². The lowest BCUT2D eigenvalue weighted by Gasteiger charge is -2.06. The van der Waals surface area contributed by atoms with Gasteiger partial charge in [-0.15, -0.1) is 0 Å². The van der Waals surface area contributed by atoms with Crippen LogP contribution < -0.4 is 5.43 Å². The highest BCUT2D eigenvalue weighted by molar-refractivity contribution is 5.91. The molecule has 21 heavy (non-hydrogen) atoms. The Morgan fingerprint density at radius 1 is 1.43 bits per heavy atom. The second-order valence-electron chi connectivity index (χ2n) is 4.88. The Bertz CT molecular complexity index is 762. The van der Waals surface area contributed by atoms with E-state index in [1.807, 2.05) is 13.8 Å². The number of benzene rings is 1. The van der Waals surface area contributed by atoms with Gasteiger partial charge in [-0.2, -0.15) is 0 Å². The van der Waals surface area contributed by atoms with Crippen LogP contribution in [0.15, 0.2) is 33.5 Å². The predicted octanol–water partition coefficient (Wildman–Crippen LogP) is 2.51. The summed E-state index contributed by atoms with van der Waals surface area (Å²) in [7, 11) is 0. The number of nitro benzene ring substituents is 1. The van der Waals surface area contributed by atoms with Crippen LogP contribution in [0.2, 0.25) is 0 Å². The maximum Gasteiger partial charge on any atom is 0.374 e. The van der Waals surface area contributed by atoms with Gasteiger partial charge in [0.05, 0.1) is 16.9 Å². The Morgan fingerprint density at radius 2 is 2.14 bits per heavy atom. The fraction of sp³-hybridized carbons (Fsp3) is 0.286. The van der Waals surface area contributed by atoms with Crippen molar-refractivity contribution in [2.75, 3.05) is 6.61 Å². The summed E-state index contributed by atoms with van der Waals surface area (Å²) >= 11 is 0. The Hall–Kier alpha value is -2.70. The van der Waals surface area contributed by atoms with E-state index < -0.39 is 16.3 Å². The average Bonchev–Trinajstić information content (AvgIpc) is 2.43. The molecule has 110 valence electrons. The molecule has 0 spiro atoms. The van der Waals surface area contributed by atoms with E-state index in [-0.39, 0.29) is 34.9 Å². The molecule has 0 atom stereocenters. The molecule has 0 aliphatic carbocycles. The van der Waals surface area contributed by atoms with E-state index >= 15 is 0 Å². The van der Waals surface area contributed by atoms with Crippen molar-refractivity contribution in [2.45, 2.75) is 13.8 Å². The summed E-state index contributed by atoms with van der Waals surface area (Å²) in [5.74, 6) is -1.04. The van der Waals surface area contributed by atoms with Gasteiger partial charge in [-0.05, 0) is 12.0 Å². The van der Waals surface area contributed by atoms with Gasteiger partial charge in [-0.25, -0.2) is 4.79 Å². The van der Waals surface area contributed by atoms with Gasteiger partial charge >= 0.3 is 11.7 Å². The molecule has 2 aromatic rings. The standard InChI is InChI=1S/C14H13NO6/c1-8(2)7-20-14(17)12-6-11(16)9-4-3-5-10(15(18)19)13(9)21-12/h3-6,8H,7H2,1-2H3. The molecule has 1 heterocycles. The molecule has 0 aliphatic rings. The first-order valence-corrected chi connectivity index (χ1v) is 6.28. The number of para-hydroxylation sites is 1. The summed E-state index contributed by atoms with van der Waals surface area (Å²) in [6.07, 6.45) is 0. The third kappa shape index (κ3) is 3.07. The van der Waals surface area contributed by atoms with Crippen molar-refractivity contribution in [2.24, 2.45) is 5.92 Å². The Kier molecular flexibility index (Phi) is 4.02. The van der Waals surface area contributed by atoms with Crippen molar-refractivity contribution in [1.29, 1.82) is 0 Å². The lowest BCUT2D eigenvalue weighted by atomic mass is 10.2. The minimum Gasteiger partial charge on any atom is -0.460 e. The van der Waals surface area contributed by atoms with Crippen LogP contribution in [0.3, 0.4) is 0 Å². The molecule has 0 bridgehead atoms. The molecule has 0 N–H and O–H groups in total. The second kappa shape index (κ2) is 5.74. The highest BCUT2D eigenvalue weighted by Gasteiger charge is 2.20. The SMILES string of the molecule is CC(C)COC(=O)c1cc(=O)c2cccc([N+](=O)[O-])c2o1. The summed E-state index contributed by atoms with van der Waals surface area (Å²) in [4.78, 5) is 34.0. The molecule has 0 amide bonds. The minimum absolute atomic E-state index is 0.0459. The first-order valence-electron chi connectivity index (χ1n) is 6.28. The molecule has 0 saturated carbocycles. The van der Waals surface area contributed by atoms with Crippen molar-refractivity contribution >= 4 is 22.6 Å². The predicted molar refractivity (Wildman–Crippen MR) is 74.3 cm³/mol. The molecule has 0 aliphatic heterocycles. The topological polar surface area (TPSA) is 99.7 Å². The van der Waals surface area contributed by atoms with Crippen molar-refractivity contribution in [3.8, 4) is 0 Å². The summed E-state index contributed by atoms with van der Waals surface area (Å²) in [6.45, 7) is 3.88. The van der Waals surface area contributed by atoms with Crippen LogP contribution in [0.5, 0.6) is 0 Å². The van der Waals surface area contributed by atoms with Crippen molar-refractivity contribution in [1.82, 2.24) is 0 Å². The first-order chi connectivity index (χ1) is 9.90. The number of nitro groups is 1. The zero-order chi connectivity index (χ0) is 15.6. The van der Waals surface area contributed by atoms with E-state index in [1.165, 1.54) is 18.2 Å². The number of carbonyl (C=O) groups is 1. The number of fused-ring (bicyclic) bond motifs is 1. The van der Waals surface area contributed by atoms with Crippen molar-refractivity contribution < 1.29 is 18.9 Å². The van der Waals surface area contributed by atoms with Gasteiger partial charge in [0.2, 0.25) is 11.3 Å². The van der Waals surface area contributed by atoms with Crippen molar-refractivity contribution in [3.63, 3.8) is 0 Å². The molecule has 1 aromatic carbocycles. The van der Waals surface area contributed by atoms with E-state index in [4.69, 9.17) is 9.15 Å². The molecule has 0 saturated heterocycles. The van der Waals surface area contributed by atoms with E-state index in [9.17, 15) is 19.7 Å². The Balaban J connectivity index is 2.53. The molecule has 7 nitrogen and oxygen atoms in total. The van der Waals surface area contributed by atoms with Gasteiger partial charge in [-0.1, -0.05) is 19.9 Å². The van der Waals surface area contributed by atoms with Crippen LogP contribution in [0.4, 0.5) is 5.69 Å². The average molecular weight is 291 g/mol. The molecular weight excluding hydrogens is 278 g/mol. The summed E-state index contributed by atoms with van der Waals surface area (Å²) in [5, 5.41) is 11.0. The first kappa shape index (κ1) is 14.7. The van der Waals surface area contributed by atoms with Gasteiger partial charge < -0.3 is 9.15 Å². The molecular formula is C14H13NO6. The van der Waals surface area contributed by atoms with Crippen molar-refractivity contribution in [3.05, 3.63) is 50.4 Å². The highest BCUT2D eigenvalue weighted by atomic mass is 16.6. The molecule has 0 radical (unpaired) electrons. The zero-order valence-electron chi connectivity index (χ0n) is 11.5. The van der Waals surface area contributed by atoms with Crippen LogP contribution in [0.1, 0.15) is 24.4 Å². The van der Waals surface area contributed by atoms with E-state index in [0.717, 1.165) is 6.07 Å². The minimum atomic E-state index is -0.819. The van der Waals surface area contributed by atoms with Crippen LogP contribution in [0.25, 0.3) is 11.0 Å². The maximum absolute atomic E-state index is 11.9. The number of non-ortho nitro benzene ring substituents is 1.